The average molecular weight is 440 g/mol. The molecule has 0 spiro atoms. The van der Waals surface area contributed by atoms with Gasteiger partial charge in [0, 0.05) is 30.6 Å². The Morgan fingerprint density at radius 1 is 0.968 bits per heavy atom. The molecule has 0 unspecified atom stereocenters. The zero-order valence-corrected chi connectivity index (χ0v) is 18.6. The van der Waals surface area contributed by atoms with Crippen LogP contribution < -0.4 is 14.2 Å². The van der Waals surface area contributed by atoms with Gasteiger partial charge in [0.1, 0.15) is 22.3 Å². The van der Waals surface area contributed by atoms with Crippen LogP contribution in [0, 0.1) is 0 Å². The Labute approximate surface area is 185 Å². The summed E-state index contributed by atoms with van der Waals surface area (Å²) in [6.07, 6.45) is 1.71. The summed E-state index contributed by atoms with van der Waals surface area (Å²) in [6, 6.07) is 13.1. The Morgan fingerprint density at radius 2 is 1.65 bits per heavy atom. The lowest BCUT2D eigenvalue weighted by molar-refractivity contribution is 0.0712. The van der Waals surface area contributed by atoms with E-state index in [0.717, 1.165) is 34.2 Å². The van der Waals surface area contributed by atoms with E-state index in [0.29, 0.717) is 36.1 Å². The van der Waals surface area contributed by atoms with Crippen LogP contribution in [0.4, 0.5) is 0 Å². The van der Waals surface area contributed by atoms with E-state index in [-0.39, 0.29) is 5.91 Å². The quantitative estimate of drug-likeness (QED) is 0.572. The minimum Gasteiger partial charge on any atom is -0.497 e. The molecule has 0 N–H and O–H groups in total. The van der Waals surface area contributed by atoms with Gasteiger partial charge in [-0.3, -0.25) is 4.79 Å². The Morgan fingerprint density at radius 3 is 2.29 bits per heavy atom. The number of hydrogen-bond donors (Lipinski definition) is 0. The fraction of sp³-hybridized carbons (Fsp3) is 0.348. The molecule has 7 nitrogen and oxygen atoms in total. The zero-order valence-electron chi connectivity index (χ0n) is 17.8. The molecule has 162 valence electrons. The number of rotatable bonds is 6. The first-order valence-electron chi connectivity index (χ1n) is 10.1. The number of nitrogens with zero attached hydrogens (tertiary/aromatic N) is 3. The number of hydrogen-bond acceptors (Lipinski definition) is 7. The topological polar surface area (TPSA) is 73.8 Å². The number of aromatic nitrogens is 2. The molecule has 1 amide bonds. The van der Waals surface area contributed by atoms with Gasteiger partial charge in [-0.05, 0) is 37.1 Å². The summed E-state index contributed by atoms with van der Waals surface area (Å²) in [6.45, 7) is 1.35. The van der Waals surface area contributed by atoms with Crippen LogP contribution in [0.25, 0.3) is 10.6 Å². The van der Waals surface area contributed by atoms with Crippen LogP contribution in [0.1, 0.15) is 34.1 Å². The second kappa shape index (κ2) is 9.34. The lowest BCUT2D eigenvalue weighted by atomic mass is 9.97. The molecule has 1 aliphatic rings. The third kappa shape index (κ3) is 4.49. The number of para-hydroxylation sites is 1. The standard InChI is InChI=1S/C23H25N3O4S/c1-28-17-12-16(13-18(14-17)29-2)23(27)26-10-8-15(9-11-26)21-24-25-22(31-21)19-6-4-5-7-20(19)30-3/h4-7,12-15H,8-11H2,1-3H3. The van der Waals surface area contributed by atoms with E-state index >= 15 is 0 Å². The Bertz CT molecular complexity index is 1040. The van der Waals surface area contributed by atoms with Crippen molar-refractivity contribution in [3.8, 4) is 27.8 Å². The zero-order chi connectivity index (χ0) is 21.8. The van der Waals surface area contributed by atoms with Crippen LogP contribution in [-0.4, -0.2) is 55.4 Å². The number of carbonyl (C=O) groups is 1. The molecule has 0 radical (unpaired) electrons. The van der Waals surface area contributed by atoms with Crippen molar-refractivity contribution in [1.29, 1.82) is 0 Å². The Hall–Kier alpha value is -3.13. The number of methoxy groups -OCH3 is 3. The molecule has 0 atom stereocenters. The summed E-state index contributed by atoms with van der Waals surface area (Å²) in [7, 11) is 4.82. The van der Waals surface area contributed by atoms with E-state index in [2.05, 4.69) is 10.2 Å². The SMILES string of the molecule is COc1cc(OC)cc(C(=O)N2CCC(c3nnc(-c4ccccc4OC)s3)CC2)c1. The van der Waals surface area contributed by atoms with Crippen LogP contribution in [0.2, 0.25) is 0 Å². The fourth-order valence-electron chi connectivity index (χ4n) is 3.77. The van der Waals surface area contributed by atoms with Gasteiger partial charge in [0.15, 0.2) is 5.01 Å². The normalized spacial score (nSPS) is 14.4. The maximum Gasteiger partial charge on any atom is 0.254 e. The van der Waals surface area contributed by atoms with Gasteiger partial charge < -0.3 is 19.1 Å². The van der Waals surface area contributed by atoms with Crippen LogP contribution >= 0.6 is 11.3 Å². The molecule has 8 heteroatoms. The Balaban J connectivity index is 1.44. The fourth-order valence-corrected chi connectivity index (χ4v) is 4.82. The second-order valence-electron chi connectivity index (χ2n) is 7.31. The van der Waals surface area contributed by atoms with Crippen molar-refractivity contribution in [3.63, 3.8) is 0 Å². The average Bonchev–Trinajstić information content (AvgIpc) is 3.33. The molecule has 2 aromatic carbocycles. The smallest absolute Gasteiger partial charge is 0.254 e. The number of benzene rings is 2. The highest BCUT2D eigenvalue weighted by molar-refractivity contribution is 7.14. The monoisotopic (exact) mass is 439 g/mol. The second-order valence-corrected chi connectivity index (χ2v) is 8.32. The van der Waals surface area contributed by atoms with Gasteiger partial charge in [0.25, 0.3) is 5.91 Å². The molecular formula is C23H25N3O4S. The van der Waals surface area contributed by atoms with Crippen LogP contribution in [0.3, 0.4) is 0 Å². The molecule has 1 aromatic heterocycles. The number of ether oxygens (including phenoxy) is 3. The molecule has 0 bridgehead atoms. The Kier molecular flexibility index (Phi) is 6.36. The van der Waals surface area contributed by atoms with Crippen LogP contribution in [-0.2, 0) is 0 Å². The third-order valence-corrected chi connectivity index (χ3v) is 6.63. The van der Waals surface area contributed by atoms with Crippen LogP contribution in [0.5, 0.6) is 17.2 Å². The van der Waals surface area contributed by atoms with E-state index < -0.39 is 0 Å². The first-order chi connectivity index (χ1) is 15.1. The highest BCUT2D eigenvalue weighted by Crippen LogP contribution is 2.37. The van der Waals surface area contributed by atoms with Crippen LogP contribution in [0.15, 0.2) is 42.5 Å². The highest BCUT2D eigenvalue weighted by Gasteiger charge is 2.27. The van der Waals surface area contributed by atoms with Crippen molar-refractivity contribution in [3.05, 3.63) is 53.0 Å². The number of likely N-dealkylation sites (tertiary alicyclic amines) is 1. The van der Waals surface area contributed by atoms with E-state index in [9.17, 15) is 4.79 Å². The molecule has 1 saturated heterocycles. The summed E-state index contributed by atoms with van der Waals surface area (Å²) in [5, 5.41) is 10.7. The van der Waals surface area contributed by atoms with E-state index in [1.54, 1.807) is 50.9 Å². The molecule has 1 aliphatic heterocycles. The molecule has 4 rings (SSSR count). The van der Waals surface area contributed by atoms with Crippen molar-refractivity contribution >= 4 is 17.2 Å². The molecule has 0 aliphatic carbocycles. The molecule has 0 saturated carbocycles. The van der Waals surface area contributed by atoms with Gasteiger partial charge in [-0.25, -0.2) is 0 Å². The molecule has 2 heterocycles. The maximum atomic E-state index is 13.0. The number of carbonyl (C=O) groups excluding carboxylic acids is 1. The first kappa shape index (κ1) is 21.1. The van der Waals surface area contributed by atoms with Crippen molar-refractivity contribution in [2.24, 2.45) is 0 Å². The first-order valence-corrected chi connectivity index (χ1v) is 10.9. The van der Waals surface area contributed by atoms with Gasteiger partial charge in [0.05, 0.1) is 26.9 Å². The van der Waals surface area contributed by atoms with Gasteiger partial charge in [-0.1, -0.05) is 23.5 Å². The van der Waals surface area contributed by atoms with Gasteiger partial charge in [-0.15, -0.1) is 10.2 Å². The lowest BCUT2D eigenvalue weighted by Crippen LogP contribution is -2.37. The summed E-state index contributed by atoms with van der Waals surface area (Å²) < 4.78 is 16.0. The lowest BCUT2D eigenvalue weighted by Gasteiger charge is -2.31. The van der Waals surface area contributed by atoms with Crippen molar-refractivity contribution in [1.82, 2.24) is 15.1 Å². The minimum atomic E-state index is -0.0115. The largest absolute Gasteiger partial charge is 0.497 e. The summed E-state index contributed by atoms with van der Waals surface area (Å²) in [5.74, 6) is 2.29. The number of amides is 1. The third-order valence-electron chi connectivity index (χ3n) is 5.51. The van der Waals surface area contributed by atoms with Crippen molar-refractivity contribution in [2.45, 2.75) is 18.8 Å². The van der Waals surface area contributed by atoms with Gasteiger partial charge in [0.2, 0.25) is 0 Å². The van der Waals surface area contributed by atoms with Crippen molar-refractivity contribution < 1.29 is 19.0 Å². The van der Waals surface area contributed by atoms with Gasteiger partial charge in [-0.2, -0.15) is 0 Å². The summed E-state index contributed by atoms with van der Waals surface area (Å²) in [5.41, 5.74) is 1.53. The predicted octanol–water partition coefficient (Wildman–Crippen LogP) is 4.25. The predicted molar refractivity (Wildman–Crippen MR) is 119 cm³/mol. The van der Waals surface area contributed by atoms with Crippen molar-refractivity contribution in [2.75, 3.05) is 34.4 Å². The molecule has 31 heavy (non-hydrogen) atoms. The van der Waals surface area contributed by atoms with Gasteiger partial charge >= 0.3 is 0 Å². The summed E-state index contributed by atoms with van der Waals surface area (Å²) >= 11 is 1.60. The van der Waals surface area contributed by atoms with E-state index in [1.165, 1.54) is 0 Å². The van der Waals surface area contributed by atoms with E-state index in [1.807, 2.05) is 29.2 Å². The minimum absolute atomic E-state index is 0.0115. The maximum absolute atomic E-state index is 13.0. The summed E-state index contributed by atoms with van der Waals surface area (Å²) in [4.78, 5) is 14.9. The molecule has 1 fully saturated rings. The molecular weight excluding hydrogens is 414 g/mol. The van der Waals surface area contributed by atoms with E-state index in [4.69, 9.17) is 14.2 Å². The highest BCUT2D eigenvalue weighted by atomic mass is 32.1. The molecule has 3 aromatic rings. The number of piperidine rings is 1.